The van der Waals surface area contributed by atoms with Crippen LogP contribution in [-0.4, -0.2) is 19.0 Å². The second kappa shape index (κ2) is 7.35. The Labute approximate surface area is 157 Å². The second-order valence-corrected chi connectivity index (χ2v) is 7.47. The van der Waals surface area contributed by atoms with Crippen LogP contribution in [0.5, 0.6) is 0 Å². The van der Waals surface area contributed by atoms with Crippen LogP contribution in [0.3, 0.4) is 0 Å². The molecule has 0 radical (unpaired) electrons. The highest BCUT2D eigenvalue weighted by Gasteiger charge is 2.37. The molecule has 0 unspecified atom stereocenters. The van der Waals surface area contributed by atoms with E-state index in [0.717, 1.165) is 23.3 Å². The van der Waals surface area contributed by atoms with E-state index in [4.69, 9.17) is 0 Å². The van der Waals surface area contributed by atoms with Gasteiger partial charge in [0.15, 0.2) is 0 Å². The van der Waals surface area contributed by atoms with Crippen molar-refractivity contribution in [1.82, 2.24) is 10.6 Å². The topological polar surface area (TPSA) is 41.1 Å². The fourth-order valence-corrected chi connectivity index (χ4v) is 3.55. The van der Waals surface area contributed by atoms with Gasteiger partial charge in [0.1, 0.15) is 0 Å². The van der Waals surface area contributed by atoms with E-state index >= 15 is 0 Å². The number of carbonyl (C=O) groups is 1. The van der Waals surface area contributed by atoms with Gasteiger partial charge in [-0.15, -0.1) is 0 Å². The van der Waals surface area contributed by atoms with E-state index in [0.29, 0.717) is 13.1 Å². The van der Waals surface area contributed by atoms with E-state index in [-0.39, 0.29) is 17.7 Å². The van der Waals surface area contributed by atoms with Gasteiger partial charge in [-0.05, 0) is 37.1 Å². The van der Waals surface area contributed by atoms with Crippen molar-refractivity contribution in [2.75, 3.05) is 13.1 Å². The van der Waals surface area contributed by atoms with Crippen LogP contribution in [0.25, 0.3) is 0 Å². The number of benzene rings is 2. The molecule has 2 atom stereocenters. The zero-order chi connectivity index (χ0) is 19.7. The Balaban J connectivity index is 1.75. The standard InChI is InChI=1S/C21H23F3N2O/c1-20(2,15-6-4-3-5-7-15)26-19(27)18-13-25-12-17(18)14-8-10-16(11-9-14)21(22,23)24/h3-11,17-18,25H,12-13H2,1-2H3,(H,26,27)/t17-,18+/m1/s1. The fraction of sp³-hybridized carbons (Fsp3) is 0.381. The number of halogens is 3. The van der Waals surface area contributed by atoms with Crippen LogP contribution in [0.1, 0.15) is 36.5 Å². The summed E-state index contributed by atoms with van der Waals surface area (Å²) in [5.74, 6) is -0.581. The minimum atomic E-state index is -4.36. The number of carbonyl (C=O) groups excluding carboxylic acids is 1. The predicted octanol–water partition coefficient (Wildman–Crippen LogP) is 4.06. The van der Waals surface area contributed by atoms with Crippen molar-refractivity contribution in [2.24, 2.45) is 5.92 Å². The molecule has 2 aromatic rings. The lowest BCUT2D eigenvalue weighted by Gasteiger charge is -2.30. The monoisotopic (exact) mass is 376 g/mol. The maximum atomic E-state index is 12.9. The zero-order valence-corrected chi connectivity index (χ0v) is 15.3. The molecule has 1 heterocycles. The largest absolute Gasteiger partial charge is 0.416 e. The van der Waals surface area contributed by atoms with Gasteiger partial charge in [0.25, 0.3) is 0 Å². The van der Waals surface area contributed by atoms with Gasteiger partial charge < -0.3 is 10.6 Å². The van der Waals surface area contributed by atoms with Crippen LogP contribution in [0.2, 0.25) is 0 Å². The van der Waals surface area contributed by atoms with E-state index in [9.17, 15) is 18.0 Å². The molecule has 3 rings (SSSR count). The smallest absolute Gasteiger partial charge is 0.347 e. The van der Waals surface area contributed by atoms with Crippen LogP contribution < -0.4 is 10.6 Å². The van der Waals surface area contributed by atoms with Crippen molar-refractivity contribution in [1.29, 1.82) is 0 Å². The highest BCUT2D eigenvalue weighted by atomic mass is 19.4. The van der Waals surface area contributed by atoms with Crippen molar-refractivity contribution >= 4 is 5.91 Å². The number of rotatable bonds is 4. The van der Waals surface area contributed by atoms with Gasteiger partial charge in [0, 0.05) is 19.0 Å². The molecule has 1 aliphatic heterocycles. The molecule has 1 saturated heterocycles. The summed E-state index contributed by atoms with van der Waals surface area (Å²) in [6.45, 7) is 4.95. The lowest BCUT2D eigenvalue weighted by molar-refractivity contribution is -0.137. The van der Waals surface area contributed by atoms with Crippen LogP contribution in [-0.2, 0) is 16.5 Å². The molecule has 1 aliphatic rings. The zero-order valence-electron chi connectivity index (χ0n) is 15.3. The molecule has 1 fully saturated rings. The lowest BCUT2D eigenvalue weighted by atomic mass is 9.86. The van der Waals surface area contributed by atoms with Gasteiger partial charge in [0.2, 0.25) is 5.91 Å². The molecule has 27 heavy (non-hydrogen) atoms. The molecular formula is C21H23F3N2O. The summed E-state index contributed by atoms with van der Waals surface area (Å²) in [4.78, 5) is 12.9. The summed E-state index contributed by atoms with van der Waals surface area (Å²) in [6.07, 6.45) is -4.36. The Morgan fingerprint density at radius 1 is 0.963 bits per heavy atom. The van der Waals surface area contributed by atoms with E-state index in [2.05, 4.69) is 10.6 Å². The first-order valence-electron chi connectivity index (χ1n) is 8.94. The third-order valence-electron chi connectivity index (χ3n) is 5.15. The highest BCUT2D eigenvalue weighted by Crippen LogP contribution is 2.33. The SMILES string of the molecule is CC(C)(NC(=O)[C@H]1CNC[C@@H]1c1ccc(C(F)(F)F)cc1)c1ccccc1. The van der Waals surface area contributed by atoms with Crippen molar-refractivity contribution in [2.45, 2.75) is 31.5 Å². The Hall–Kier alpha value is -2.34. The Morgan fingerprint density at radius 3 is 2.19 bits per heavy atom. The minimum absolute atomic E-state index is 0.0984. The number of amides is 1. The molecule has 0 aromatic heterocycles. The second-order valence-electron chi connectivity index (χ2n) is 7.47. The molecule has 1 amide bonds. The quantitative estimate of drug-likeness (QED) is 0.845. The minimum Gasteiger partial charge on any atom is -0.347 e. The van der Waals surface area contributed by atoms with Crippen LogP contribution >= 0.6 is 0 Å². The predicted molar refractivity (Wildman–Crippen MR) is 98.2 cm³/mol. The van der Waals surface area contributed by atoms with E-state index in [1.54, 1.807) is 0 Å². The first-order chi connectivity index (χ1) is 12.7. The van der Waals surface area contributed by atoms with Gasteiger partial charge in [-0.3, -0.25) is 4.79 Å². The maximum Gasteiger partial charge on any atom is 0.416 e. The number of nitrogens with one attached hydrogen (secondary N) is 2. The van der Waals surface area contributed by atoms with Crippen molar-refractivity contribution < 1.29 is 18.0 Å². The van der Waals surface area contributed by atoms with E-state index < -0.39 is 17.3 Å². The van der Waals surface area contributed by atoms with Gasteiger partial charge >= 0.3 is 6.18 Å². The van der Waals surface area contributed by atoms with Crippen molar-refractivity contribution in [3.63, 3.8) is 0 Å². The van der Waals surface area contributed by atoms with E-state index in [1.807, 2.05) is 44.2 Å². The van der Waals surface area contributed by atoms with Gasteiger partial charge in [0.05, 0.1) is 17.0 Å². The summed E-state index contributed by atoms with van der Waals surface area (Å²) in [7, 11) is 0. The van der Waals surface area contributed by atoms with Crippen molar-refractivity contribution in [3.8, 4) is 0 Å². The molecule has 6 heteroatoms. The van der Waals surface area contributed by atoms with Gasteiger partial charge in [-0.2, -0.15) is 13.2 Å². The number of hydrogen-bond acceptors (Lipinski definition) is 2. The number of alkyl halides is 3. The van der Waals surface area contributed by atoms with Crippen molar-refractivity contribution in [3.05, 3.63) is 71.3 Å². The third-order valence-corrected chi connectivity index (χ3v) is 5.15. The first kappa shape index (κ1) is 19.4. The summed E-state index contributed by atoms with van der Waals surface area (Å²) in [6, 6.07) is 14.8. The van der Waals surface area contributed by atoms with Crippen LogP contribution in [0, 0.1) is 5.92 Å². The molecular weight excluding hydrogens is 353 g/mol. The number of hydrogen-bond donors (Lipinski definition) is 2. The molecule has 0 aliphatic carbocycles. The average Bonchev–Trinajstić information content (AvgIpc) is 3.11. The molecule has 2 N–H and O–H groups in total. The summed E-state index contributed by atoms with van der Waals surface area (Å²) < 4.78 is 38.3. The molecule has 0 spiro atoms. The molecule has 144 valence electrons. The molecule has 0 saturated carbocycles. The van der Waals surface area contributed by atoms with E-state index in [1.165, 1.54) is 12.1 Å². The van der Waals surface area contributed by atoms with Gasteiger partial charge in [-0.1, -0.05) is 42.5 Å². The molecule has 0 bridgehead atoms. The summed E-state index contributed by atoms with van der Waals surface area (Å²) >= 11 is 0. The maximum absolute atomic E-state index is 12.9. The Bertz CT molecular complexity index is 785. The highest BCUT2D eigenvalue weighted by molar-refractivity contribution is 5.81. The fourth-order valence-electron chi connectivity index (χ4n) is 3.55. The molecule has 3 nitrogen and oxygen atoms in total. The Morgan fingerprint density at radius 2 is 1.59 bits per heavy atom. The Kier molecular flexibility index (Phi) is 5.29. The lowest BCUT2D eigenvalue weighted by Crippen LogP contribution is -2.45. The summed E-state index contributed by atoms with van der Waals surface area (Å²) in [5, 5.41) is 6.28. The van der Waals surface area contributed by atoms with Crippen LogP contribution in [0.4, 0.5) is 13.2 Å². The van der Waals surface area contributed by atoms with Gasteiger partial charge in [-0.25, -0.2) is 0 Å². The summed E-state index contributed by atoms with van der Waals surface area (Å²) in [5.41, 5.74) is 0.524. The molecule has 2 aromatic carbocycles. The first-order valence-corrected chi connectivity index (χ1v) is 8.94. The third kappa shape index (κ3) is 4.33. The average molecular weight is 376 g/mol. The normalized spacial score (nSPS) is 20.5. The van der Waals surface area contributed by atoms with Crippen LogP contribution in [0.15, 0.2) is 54.6 Å².